The molecule has 3 nitrogen and oxygen atoms in total. The van der Waals surface area contributed by atoms with Crippen molar-refractivity contribution in [3.8, 4) is 0 Å². The number of hydrogen-bond acceptors (Lipinski definition) is 3. The summed E-state index contributed by atoms with van der Waals surface area (Å²) in [6.07, 6.45) is 0. The van der Waals surface area contributed by atoms with Gasteiger partial charge in [0.15, 0.2) is 0 Å². The summed E-state index contributed by atoms with van der Waals surface area (Å²) in [4.78, 5) is 13.8. The van der Waals surface area contributed by atoms with Crippen LogP contribution in [-0.2, 0) is 0 Å². The molecule has 1 amide bonds. The van der Waals surface area contributed by atoms with E-state index < -0.39 is 0 Å². The Morgan fingerprint density at radius 3 is 2.61 bits per heavy atom. The van der Waals surface area contributed by atoms with Crippen LogP contribution in [0.4, 0.5) is 11.4 Å². The van der Waals surface area contributed by atoms with Crippen LogP contribution in [0.3, 0.4) is 0 Å². The van der Waals surface area contributed by atoms with Gasteiger partial charge >= 0.3 is 0 Å². The van der Waals surface area contributed by atoms with Gasteiger partial charge in [0.2, 0.25) is 0 Å². The lowest BCUT2D eigenvalue weighted by atomic mass is 10.2. The molecule has 94 valence electrons. The smallest absolute Gasteiger partial charge is 0.265 e. The third kappa shape index (κ3) is 2.93. The number of anilines is 2. The van der Waals surface area contributed by atoms with E-state index in [1.807, 2.05) is 19.1 Å². The van der Waals surface area contributed by atoms with E-state index in [1.54, 1.807) is 12.1 Å². The van der Waals surface area contributed by atoms with Gasteiger partial charge in [-0.15, -0.1) is 11.3 Å². The van der Waals surface area contributed by atoms with Crippen molar-refractivity contribution in [1.82, 2.24) is 0 Å². The quantitative estimate of drug-likeness (QED) is 0.747. The SMILES string of the molecule is Cc1ccc(C(=O)Nc2c(N)cc(Br)cc2Br)s1. The molecule has 0 aliphatic rings. The van der Waals surface area contributed by atoms with Gasteiger partial charge in [0, 0.05) is 13.8 Å². The minimum Gasteiger partial charge on any atom is -0.397 e. The Balaban J connectivity index is 2.27. The third-order valence-electron chi connectivity index (χ3n) is 2.29. The topological polar surface area (TPSA) is 55.1 Å². The number of thiophene rings is 1. The first kappa shape index (κ1) is 13.6. The molecule has 0 aliphatic carbocycles. The van der Waals surface area contributed by atoms with Crippen LogP contribution >= 0.6 is 43.2 Å². The van der Waals surface area contributed by atoms with Crippen LogP contribution in [-0.4, -0.2) is 5.91 Å². The molecule has 1 aromatic carbocycles. The number of halogens is 2. The van der Waals surface area contributed by atoms with E-state index in [9.17, 15) is 4.79 Å². The molecule has 1 aromatic heterocycles. The Bertz CT molecular complexity index is 587. The van der Waals surface area contributed by atoms with Gasteiger partial charge in [-0.3, -0.25) is 4.79 Å². The fourth-order valence-electron chi connectivity index (χ4n) is 1.46. The maximum atomic E-state index is 12.0. The van der Waals surface area contributed by atoms with E-state index in [4.69, 9.17) is 5.73 Å². The number of nitrogens with two attached hydrogens (primary N) is 1. The Kier molecular flexibility index (Phi) is 4.09. The van der Waals surface area contributed by atoms with E-state index >= 15 is 0 Å². The van der Waals surface area contributed by atoms with E-state index in [-0.39, 0.29) is 5.91 Å². The maximum absolute atomic E-state index is 12.0. The van der Waals surface area contributed by atoms with Crippen LogP contribution in [0.25, 0.3) is 0 Å². The van der Waals surface area contributed by atoms with Crippen LogP contribution in [0.15, 0.2) is 33.2 Å². The molecule has 0 spiro atoms. The minimum absolute atomic E-state index is 0.150. The molecule has 18 heavy (non-hydrogen) atoms. The predicted molar refractivity (Wildman–Crippen MR) is 83.3 cm³/mol. The second-order valence-corrected chi connectivity index (χ2v) is 6.77. The fourth-order valence-corrected chi connectivity index (χ4v) is 3.58. The lowest BCUT2D eigenvalue weighted by Gasteiger charge is -2.10. The number of carbonyl (C=O) groups excluding carboxylic acids is 1. The molecular weight excluding hydrogens is 380 g/mol. The molecule has 0 saturated heterocycles. The second-order valence-electron chi connectivity index (χ2n) is 3.72. The molecular formula is C12H10Br2N2OS. The Morgan fingerprint density at radius 2 is 2.06 bits per heavy atom. The first-order valence-electron chi connectivity index (χ1n) is 5.09. The van der Waals surface area contributed by atoms with E-state index in [0.29, 0.717) is 16.3 Å². The van der Waals surface area contributed by atoms with Gasteiger partial charge < -0.3 is 11.1 Å². The normalized spacial score (nSPS) is 10.4. The summed E-state index contributed by atoms with van der Waals surface area (Å²) in [5.74, 6) is -0.150. The molecule has 0 radical (unpaired) electrons. The van der Waals surface area contributed by atoms with E-state index in [0.717, 1.165) is 13.8 Å². The number of benzene rings is 1. The zero-order valence-corrected chi connectivity index (χ0v) is 13.4. The summed E-state index contributed by atoms with van der Waals surface area (Å²) in [6, 6.07) is 7.31. The number of rotatable bonds is 2. The average Bonchev–Trinajstić information content (AvgIpc) is 2.70. The molecule has 1 heterocycles. The highest BCUT2D eigenvalue weighted by Gasteiger charge is 2.13. The summed E-state index contributed by atoms with van der Waals surface area (Å²) in [7, 11) is 0. The van der Waals surface area contributed by atoms with Crippen molar-refractivity contribution < 1.29 is 4.79 Å². The number of nitrogen functional groups attached to an aromatic ring is 1. The van der Waals surface area contributed by atoms with Gasteiger partial charge in [0.05, 0.1) is 16.3 Å². The summed E-state index contributed by atoms with van der Waals surface area (Å²) >= 11 is 8.18. The van der Waals surface area contributed by atoms with Gasteiger partial charge in [-0.05, 0) is 47.1 Å². The van der Waals surface area contributed by atoms with Crippen molar-refractivity contribution in [2.75, 3.05) is 11.1 Å². The summed E-state index contributed by atoms with van der Waals surface area (Å²) in [5, 5.41) is 2.81. The largest absolute Gasteiger partial charge is 0.397 e. The first-order chi connectivity index (χ1) is 8.47. The molecule has 2 aromatic rings. The van der Waals surface area contributed by atoms with Crippen molar-refractivity contribution in [2.24, 2.45) is 0 Å². The van der Waals surface area contributed by atoms with Crippen molar-refractivity contribution in [3.05, 3.63) is 43.0 Å². The van der Waals surface area contributed by atoms with Crippen molar-refractivity contribution in [2.45, 2.75) is 6.92 Å². The molecule has 6 heteroatoms. The standard InChI is InChI=1S/C12H10Br2N2OS/c1-6-2-3-10(18-6)12(17)16-11-8(14)4-7(13)5-9(11)15/h2-5H,15H2,1H3,(H,16,17). The van der Waals surface area contributed by atoms with Crippen molar-refractivity contribution in [1.29, 1.82) is 0 Å². The van der Waals surface area contributed by atoms with Gasteiger partial charge in [0.1, 0.15) is 0 Å². The van der Waals surface area contributed by atoms with E-state index in [2.05, 4.69) is 37.2 Å². The zero-order valence-electron chi connectivity index (χ0n) is 9.46. The van der Waals surface area contributed by atoms with Gasteiger partial charge in [0.25, 0.3) is 5.91 Å². The number of carbonyl (C=O) groups is 1. The summed E-state index contributed by atoms with van der Waals surface area (Å²) in [5.41, 5.74) is 6.99. The highest BCUT2D eigenvalue weighted by molar-refractivity contribution is 9.11. The van der Waals surface area contributed by atoms with Crippen LogP contribution < -0.4 is 11.1 Å². The summed E-state index contributed by atoms with van der Waals surface area (Å²) in [6.45, 7) is 1.96. The number of amides is 1. The van der Waals surface area contributed by atoms with E-state index in [1.165, 1.54) is 11.3 Å². The number of nitrogens with one attached hydrogen (secondary N) is 1. The first-order valence-corrected chi connectivity index (χ1v) is 7.50. The Labute approximate surface area is 126 Å². The van der Waals surface area contributed by atoms with Crippen LogP contribution in [0.2, 0.25) is 0 Å². The molecule has 0 atom stereocenters. The third-order valence-corrected chi connectivity index (χ3v) is 4.37. The van der Waals surface area contributed by atoms with Crippen LogP contribution in [0.1, 0.15) is 14.5 Å². The lowest BCUT2D eigenvalue weighted by molar-refractivity contribution is 0.103. The second kappa shape index (κ2) is 5.42. The molecule has 0 bridgehead atoms. The predicted octanol–water partition coefficient (Wildman–Crippen LogP) is 4.42. The molecule has 0 fully saturated rings. The molecule has 3 N–H and O–H groups in total. The number of hydrogen-bond donors (Lipinski definition) is 2. The molecule has 2 rings (SSSR count). The van der Waals surface area contributed by atoms with Gasteiger partial charge in [-0.1, -0.05) is 15.9 Å². The minimum atomic E-state index is -0.150. The monoisotopic (exact) mass is 388 g/mol. The van der Waals surface area contributed by atoms with Crippen molar-refractivity contribution >= 4 is 60.5 Å². The average molecular weight is 390 g/mol. The zero-order chi connectivity index (χ0) is 13.3. The highest BCUT2D eigenvalue weighted by atomic mass is 79.9. The number of aryl methyl sites for hydroxylation is 1. The van der Waals surface area contributed by atoms with Gasteiger partial charge in [-0.25, -0.2) is 0 Å². The fraction of sp³-hybridized carbons (Fsp3) is 0.0833. The van der Waals surface area contributed by atoms with Crippen LogP contribution in [0.5, 0.6) is 0 Å². The molecule has 0 unspecified atom stereocenters. The lowest BCUT2D eigenvalue weighted by Crippen LogP contribution is -2.12. The van der Waals surface area contributed by atoms with Crippen molar-refractivity contribution in [3.63, 3.8) is 0 Å². The molecule has 0 saturated carbocycles. The summed E-state index contributed by atoms with van der Waals surface area (Å²) < 4.78 is 1.60. The maximum Gasteiger partial charge on any atom is 0.265 e. The van der Waals surface area contributed by atoms with Gasteiger partial charge in [-0.2, -0.15) is 0 Å². The highest BCUT2D eigenvalue weighted by Crippen LogP contribution is 2.33. The Morgan fingerprint density at radius 1 is 1.33 bits per heavy atom. The Hall–Kier alpha value is -0.850. The molecule has 0 aliphatic heterocycles. The van der Waals surface area contributed by atoms with Crippen LogP contribution in [0, 0.1) is 6.92 Å².